The average Bonchev–Trinajstić information content (AvgIpc) is 2.94. The van der Waals surface area contributed by atoms with Crippen molar-refractivity contribution in [1.29, 1.82) is 5.26 Å². The summed E-state index contributed by atoms with van der Waals surface area (Å²) in [5.74, 6) is 0.324. The highest BCUT2D eigenvalue weighted by Crippen LogP contribution is 2.32. The van der Waals surface area contributed by atoms with Crippen LogP contribution < -0.4 is 10.1 Å². The quantitative estimate of drug-likeness (QED) is 0.760. The van der Waals surface area contributed by atoms with Gasteiger partial charge >= 0.3 is 0 Å². The highest BCUT2D eigenvalue weighted by Gasteiger charge is 2.24. The Bertz CT molecular complexity index is 904. The number of carbonyl (C=O) groups excluding carboxylic acids is 1. The molecule has 0 radical (unpaired) electrons. The minimum absolute atomic E-state index is 0.0577. The second kappa shape index (κ2) is 8.01. The van der Waals surface area contributed by atoms with Crippen molar-refractivity contribution in [1.82, 2.24) is 5.32 Å². The smallest absolute Gasteiger partial charge is 0.264 e. The van der Waals surface area contributed by atoms with E-state index < -0.39 is 0 Å². The predicted octanol–water partition coefficient (Wildman–Crippen LogP) is 4.24. The first-order valence-electron chi connectivity index (χ1n) is 7.29. The number of aliphatic imine (C=N–C) groups is 1. The number of nitrogens with zero attached hydrogens (tertiary/aromatic N) is 2. The van der Waals surface area contributed by atoms with Crippen LogP contribution in [0.25, 0.3) is 6.08 Å². The number of thioether (sulfide) groups is 1. The Morgan fingerprint density at radius 1 is 1.28 bits per heavy atom. The van der Waals surface area contributed by atoms with Gasteiger partial charge in [0.15, 0.2) is 11.8 Å². The molecule has 0 atom stereocenters. The van der Waals surface area contributed by atoms with E-state index in [2.05, 4.69) is 26.2 Å². The molecule has 7 heteroatoms. The van der Waals surface area contributed by atoms with Crippen LogP contribution in [0.4, 0.5) is 5.69 Å². The number of ether oxygens (including phenoxy) is 1. The molecule has 1 aliphatic rings. The molecule has 3 rings (SSSR count). The van der Waals surface area contributed by atoms with Crippen LogP contribution in [0.5, 0.6) is 5.75 Å². The molecule has 1 heterocycles. The highest BCUT2D eigenvalue weighted by molar-refractivity contribution is 9.10. The molecule has 0 saturated carbocycles. The van der Waals surface area contributed by atoms with E-state index >= 15 is 0 Å². The van der Waals surface area contributed by atoms with Crippen molar-refractivity contribution in [2.24, 2.45) is 4.99 Å². The predicted molar refractivity (Wildman–Crippen MR) is 102 cm³/mol. The molecule has 1 N–H and O–H groups in total. The maximum Gasteiger partial charge on any atom is 0.264 e. The number of nitrogens with one attached hydrogen (secondary N) is 1. The lowest BCUT2D eigenvalue weighted by molar-refractivity contribution is -0.115. The summed E-state index contributed by atoms with van der Waals surface area (Å²) in [6.45, 7) is -0.0577. The van der Waals surface area contributed by atoms with E-state index in [-0.39, 0.29) is 12.5 Å². The Hall–Kier alpha value is -2.56. The van der Waals surface area contributed by atoms with Gasteiger partial charge in [-0.05, 0) is 48.2 Å². The Kier molecular flexibility index (Phi) is 5.53. The fourth-order valence-corrected chi connectivity index (χ4v) is 3.33. The third-order valence-corrected chi connectivity index (χ3v) is 4.59. The highest BCUT2D eigenvalue weighted by atomic mass is 79.9. The Morgan fingerprint density at radius 3 is 2.84 bits per heavy atom. The van der Waals surface area contributed by atoms with Gasteiger partial charge in [0.2, 0.25) is 0 Å². The van der Waals surface area contributed by atoms with Crippen molar-refractivity contribution in [2.45, 2.75) is 0 Å². The summed E-state index contributed by atoms with van der Waals surface area (Å²) < 4.78 is 6.26. The molecular weight excluding hydrogens is 402 g/mol. The minimum Gasteiger partial charge on any atom is -0.478 e. The topological polar surface area (TPSA) is 74.5 Å². The first kappa shape index (κ1) is 17.3. The standard InChI is InChI=1S/C18H12BrN3O2S/c19-13-6-7-15(24-9-8-20)12(10-13)11-16-17(23)22-18(25-16)21-14-4-2-1-3-5-14/h1-7,10-11H,9H2,(H,21,22,23)/b16-11-. The van der Waals surface area contributed by atoms with Crippen LogP contribution in [0, 0.1) is 11.3 Å². The van der Waals surface area contributed by atoms with E-state index in [1.807, 2.05) is 48.5 Å². The number of rotatable bonds is 4. The molecule has 0 aromatic heterocycles. The van der Waals surface area contributed by atoms with Crippen molar-refractivity contribution >= 4 is 50.5 Å². The van der Waals surface area contributed by atoms with Crippen LogP contribution in [0.2, 0.25) is 0 Å². The van der Waals surface area contributed by atoms with Crippen molar-refractivity contribution in [2.75, 3.05) is 6.61 Å². The van der Waals surface area contributed by atoms with Crippen LogP contribution in [0.15, 0.2) is 62.9 Å². The van der Waals surface area contributed by atoms with Gasteiger partial charge in [-0.15, -0.1) is 0 Å². The molecule has 1 fully saturated rings. The Morgan fingerprint density at radius 2 is 2.08 bits per heavy atom. The number of halogens is 1. The van der Waals surface area contributed by atoms with Crippen LogP contribution in [0.3, 0.4) is 0 Å². The normalized spacial score (nSPS) is 16.7. The number of para-hydroxylation sites is 1. The van der Waals surface area contributed by atoms with E-state index in [0.29, 0.717) is 21.4 Å². The maximum atomic E-state index is 12.2. The molecular formula is C18H12BrN3O2S. The Balaban J connectivity index is 1.87. The first-order chi connectivity index (χ1) is 12.2. The van der Waals surface area contributed by atoms with E-state index in [1.165, 1.54) is 11.8 Å². The molecule has 1 saturated heterocycles. The molecule has 5 nitrogen and oxygen atoms in total. The zero-order valence-corrected chi connectivity index (χ0v) is 15.3. The van der Waals surface area contributed by atoms with Gasteiger partial charge in [-0.3, -0.25) is 4.79 Å². The number of nitriles is 1. The van der Waals surface area contributed by atoms with Gasteiger partial charge < -0.3 is 10.1 Å². The van der Waals surface area contributed by atoms with Crippen LogP contribution >= 0.6 is 27.7 Å². The number of carbonyl (C=O) groups is 1. The van der Waals surface area contributed by atoms with Crippen molar-refractivity contribution < 1.29 is 9.53 Å². The second-order valence-electron chi connectivity index (χ2n) is 4.95. The van der Waals surface area contributed by atoms with Gasteiger partial charge in [-0.1, -0.05) is 34.1 Å². The zero-order chi connectivity index (χ0) is 17.6. The van der Waals surface area contributed by atoms with Crippen LogP contribution in [0.1, 0.15) is 5.56 Å². The zero-order valence-electron chi connectivity index (χ0n) is 12.9. The third kappa shape index (κ3) is 4.50. The molecule has 124 valence electrons. The lowest BCUT2D eigenvalue weighted by Gasteiger charge is -2.07. The van der Waals surface area contributed by atoms with E-state index in [4.69, 9.17) is 10.00 Å². The molecule has 2 aromatic rings. The van der Waals surface area contributed by atoms with Gasteiger partial charge in [0.25, 0.3) is 5.91 Å². The average molecular weight is 414 g/mol. The third-order valence-electron chi connectivity index (χ3n) is 3.19. The fraction of sp³-hybridized carbons (Fsp3) is 0.0556. The number of benzene rings is 2. The van der Waals surface area contributed by atoms with Crippen molar-refractivity contribution in [3.8, 4) is 11.8 Å². The van der Waals surface area contributed by atoms with Gasteiger partial charge in [-0.25, -0.2) is 4.99 Å². The molecule has 1 amide bonds. The summed E-state index contributed by atoms with van der Waals surface area (Å²) in [6, 6.07) is 16.8. The van der Waals surface area contributed by atoms with Crippen LogP contribution in [-0.4, -0.2) is 17.7 Å². The summed E-state index contributed by atoms with van der Waals surface area (Å²) in [7, 11) is 0. The number of hydrogen-bond donors (Lipinski definition) is 1. The molecule has 0 spiro atoms. The summed E-state index contributed by atoms with van der Waals surface area (Å²) in [4.78, 5) is 17.1. The lowest BCUT2D eigenvalue weighted by Crippen LogP contribution is -2.19. The Labute approximate surface area is 157 Å². The molecule has 1 aliphatic heterocycles. The van der Waals surface area contributed by atoms with E-state index in [9.17, 15) is 4.79 Å². The largest absolute Gasteiger partial charge is 0.478 e. The second-order valence-corrected chi connectivity index (χ2v) is 6.89. The summed E-state index contributed by atoms with van der Waals surface area (Å²) in [5.41, 5.74) is 1.48. The molecule has 0 aliphatic carbocycles. The summed E-state index contributed by atoms with van der Waals surface area (Å²) >= 11 is 4.67. The minimum atomic E-state index is -0.217. The van der Waals surface area contributed by atoms with Crippen LogP contribution in [-0.2, 0) is 4.79 Å². The van der Waals surface area contributed by atoms with Crippen molar-refractivity contribution in [3.05, 3.63) is 63.5 Å². The van der Waals surface area contributed by atoms with E-state index in [0.717, 1.165) is 10.2 Å². The van der Waals surface area contributed by atoms with Gasteiger partial charge in [0.1, 0.15) is 11.8 Å². The summed E-state index contributed by atoms with van der Waals surface area (Å²) in [6.07, 6.45) is 1.73. The first-order valence-corrected chi connectivity index (χ1v) is 8.90. The number of amidine groups is 1. The van der Waals surface area contributed by atoms with Crippen molar-refractivity contribution in [3.63, 3.8) is 0 Å². The van der Waals surface area contributed by atoms with Gasteiger partial charge in [0.05, 0.1) is 10.6 Å². The van der Waals surface area contributed by atoms with E-state index in [1.54, 1.807) is 12.1 Å². The maximum absolute atomic E-state index is 12.2. The molecule has 2 aromatic carbocycles. The van der Waals surface area contributed by atoms with Gasteiger partial charge in [-0.2, -0.15) is 5.26 Å². The van der Waals surface area contributed by atoms with Gasteiger partial charge in [0, 0.05) is 10.0 Å². The molecule has 25 heavy (non-hydrogen) atoms. The lowest BCUT2D eigenvalue weighted by atomic mass is 10.2. The number of amides is 1. The summed E-state index contributed by atoms with van der Waals surface area (Å²) in [5, 5.41) is 12.0. The monoisotopic (exact) mass is 413 g/mol. The molecule has 0 unspecified atom stereocenters. The fourth-order valence-electron chi connectivity index (χ4n) is 2.12. The SMILES string of the molecule is N#CCOc1ccc(Br)cc1/C=C1\SC(=Nc2ccccc2)NC1=O. The molecule has 0 bridgehead atoms. The number of hydrogen-bond acceptors (Lipinski definition) is 5.